The van der Waals surface area contributed by atoms with E-state index < -0.39 is 0 Å². The van der Waals surface area contributed by atoms with Crippen molar-refractivity contribution in [1.29, 1.82) is 0 Å². The van der Waals surface area contributed by atoms with Gasteiger partial charge in [0.2, 0.25) is 5.36 Å². The lowest BCUT2D eigenvalue weighted by molar-refractivity contribution is -0.168. The van der Waals surface area contributed by atoms with Crippen molar-refractivity contribution in [2.24, 2.45) is 0 Å². The van der Waals surface area contributed by atoms with Crippen LogP contribution in [0.3, 0.4) is 0 Å². The molecule has 0 heterocycles. The van der Waals surface area contributed by atoms with Crippen molar-refractivity contribution < 1.29 is 5.41 Å². The van der Waals surface area contributed by atoms with Crippen LogP contribution >= 0.6 is 0 Å². The van der Waals surface area contributed by atoms with Crippen molar-refractivity contribution in [2.75, 3.05) is 0 Å². The first-order valence-electron chi connectivity index (χ1n) is 3.75. The van der Waals surface area contributed by atoms with Gasteiger partial charge in [-0.15, -0.1) is 0 Å². The third-order valence-electron chi connectivity index (χ3n) is 2.31. The molecule has 0 unspecified atom stereocenters. The van der Waals surface area contributed by atoms with Crippen LogP contribution in [-0.2, 0) is 12.8 Å². The van der Waals surface area contributed by atoms with Crippen LogP contribution in [0.4, 0.5) is 0 Å². The molecule has 0 radical (unpaired) electrons. The second-order valence-corrected chi connectivity index (χ2v) is 2.93. The molecule has 0 aliphatic heterocycles. The highest BCUT2D eigenvalue weighted by atomic mass is 14.4. The fourth-order valence-electron chi connectivity index (χ4n) is 1.64. The van der Waals surface area contributed by atoms with Gasteiger partial charge in [-0.05, 0) is 25.7 Å². The number of rotatable bonds is 0. The summed E-state index contributed by atoms with van der Waals surface area (Å²) in [6.45, 7) is 0. The molecule has 48 valence electrons. The monoisotopic (exact) mass is 122 g/mol. The molecule has 0 bridgehead atoms. The molecule has 1 nitrogen and oxygen atoms in total. The van der Waals surface area contributed by atoms with Crippen molar-refractivity contribution >= 4 is 0 Å². The summed E-state index contributed by atoms with van der Waals surface area (Å²) >= 11 is 0. The Morgan fingerprint density at radius 1 is 0.889 bits per heavy atom. The van der Waals surface area contributed by atoms with E-state index in [9.17, 15) is 0 Å². The Bertz CT molecular complexity index is 207. The highest BCUT2D eigenvalue weighted by Gasteiger charge is 2.23. The van der Waals surface area contributed by atoms with Gasteiger partial charge >= 0.3 is 0 Å². The lowest BCUT2D eigenvalue weighted by atomic mass is 10.2. The summed E-state index contributed by atoms with van der Waals surface area (Å²) in [5, 5.41) is 6.83. The Morgan fingerprint density at radius 3 is 2.00 bits per heavy atom. The number of hydrogen-bond donors (Lipinski definition) is 1. The molecule has 0 atom stereocenters. The second kappa shape index (κ2) is 1.69. The summed E-state index contributed by atoms with van der Waals surface area (Å²) in [6, 6.07) is 0. The van der Waals surface area contributed by atoms with Crippen LogP contribution in [0, 0.1) is 0 Å². The molecule has 2 rings (SSSR count). The first kappa shape index (κ1) is 5.21. The molecular formula is C8H12N+. The summed E-state index contributed by atoms with van der Waals surface area (Å²) in [4.78, 5) is 0. The lowest BCUT2D eigenvalue weighted by Gasteiger charge is -1.88. The van der Waals surface area contributed by atoms with E-state index in [4.69, 9.17) is 5.41 Å². The van der Waals surface area contributed by atoms with E-state index in [1.807, 2.05) is 0 Å². The van der Waals surface area contributed by atoms with Gasteiger partial charge in [-0.2, -0.15) is 0 Å². The van der Waals surface area contributed by atoms with Gasteiger partial charge in [-0.3, -0.25) is 5.41 Å². The lowest BCUT2D eigenvalue weighted by Crippen LogP contribution is -2.40. The molecule has 0 saturated carbocycles. The average Bonchev–Trinajstić information content (AvgIpc) is 2.51. The number of hydrogen-bond acceptors (Lipinski definition) is 0. The summed E-state index contributed by atoms with van der Waals surface area (Å²) < 4.78 is 0. The number of nitrogens with two attached hydrogens (primary N) is 1. The van der Waals surface area contributed by atoms with E-state index in [2.05, 4.69) is 0 Å². The van der Waals surface area contributed by atoms with Crippen LogP contribution in [0.25, 0.3) is 0 Å². The van der Waals surface area contributed by atoms with Crippen molar-refractivity contribution in [3.05, 3.63) is 16.5 Å². The van der Waals surface area contributed by atoms with Gasteiger partial charge in [-0.1, -0.05) is 6.42 Å². The van der Waals surface area contributed by atoms with Crippen LogP contribution in [0.2, 0.25) is 0 Å². The van der Waals surface area contributed by atoms with Crippen LogP contribution in [0.1, 0.15) is 30.4 Å². The maximum Gasteiger partial charge on any atom is 0.204 e. The molecule has 1 aromatic carbocycles. The molecule has 0 amide bonds. The first-order chi connectivity index (χ1) is 4.39. The minimum Gasteiger partial charge on any atom is -0.254 e. The van der Waals surface area contributed by atoms with Crippen LogP contribution in [-0.4, -0.2) is 0 Å². The second-order valence-electron chi connectivity index (χ2n) is 2.93. The Hall–Kier alpha value is -0.590. The molecule has 0 fully saturated rings. The number of fused-ring (bicyclic) bond motifs is 1. The Balaban J connectivity index is 2.21. The van der Waals surface area contributed by atoms with Gasteiger partial charge in [0.25, 0.3) is 0 Å². The summed E-state index contributed by atoms with van der Waals surface area (Å²) in [5.41, 5.74) is 3.01. The maximum atomic E-state index is 5.68. The van der Waals surface area contributed by atoms with Crippen molar-refractivity contribution in [2.45, 2.75) is 32.1 Å². The fourth-order valence-corrected chi connectivity index (χ4v) is 1.64. The standard InChI is InChI=1S/C8H11N/c9-8-6-4-2-1-3-5-7(6)8/h9H,1-5H2/p+1. The SMILES string of the molecule is [NH2+]=c1c2c1CCCCC2. The Kier molecular flexibility index (Phi) is 0.981. The molecule has 1 aliphatic rings. The van der Waals surface area contributed by atoms with Gasteiger partial charge in [0, 0.05) is 11.1 Å². The van der Waals surface area contributed by atoms with Crippen LogP contribution in [0.15, 0.2) is 0 Å². The predicted octanol–water partition coefficient (Wildman–Crippen LogP) is -0.509. The molecule has 9 heavy (non-hydrogen) atoms. The van der Waals surface area contributed by atoms with Gasteiger partial charge < -0.3 is 0 Å². The molecule has 1 aliphatic carbocycles. The molecule has 0 saturated heterocycles. The largest absolute Gasteiger partial charge is 0.254 e. The minimum atomic E-state index is 1.15. The van der Waals surface area contributed by atoms with Crippen molar-refractivity contribution in [1.82, 2.24) is 0 Å². The fraction of sp³-hybridized carbons (Fsp3) is 0.625. The highest BCUT2D eigenvalue weighted by molar-refractivity contribution is 5.37. The highest BCUT2D eigenvalue weighted by Crippen LogP contribution is 2.19. The maximum absolute atomic E-state index is 5.68. The van der Waals surface area contributed by atoms with Gasteiger partial charge in [0.05, 0.1) is 0 Å². The zero-order chi connectivity index (χ0) is 6.27. The quantitative estimate of drug-likeness (QED) is 0.449. The normalized spacial score (nSPS) is 19.6. The average molecular weight is 122 g/mol. The molecule has 0 aromatic heterocycles. The van der Waals surface area contributed by atoms with E-state index in [0.29, 0.717) is 0 Å². The minimum absolute atomic E-state index is 1.15. The smallest absolute Gasteiger partial charge is 0.204 e. The van der Waals surface area contributed by atoms with E-state index in [1.54, 1.807) is 0 Å². The molecule has 0 spiro atoms. The Morgan fingerprint density at radius 2 is 1.44 bits per heavy atom. The van der Waals surface area contributed by atoms with E-state index in [-0.39, 0.29) is 0 Å². The molecule has 2 N–H and O–H groups in total. The van der Waals surface area contributed by atoms with Gasteiger partial charge in [0.15, 0.2) is 0 Å². The topological polar surface area (TPSA) is 25.6 Å². The van der Waals surface area contributed by atoms with E-state index in [0.717, 1.165) is 5.36 Å². The summed E-state index contributed by atoms with van der Waals surface area (Å²) in [6.07, 6.45) is 6.65. The Labute approximate surface area is 54.9 Å². The summed E-state index contributed by atoms with van der Waals surface area (Å²) in [7, 11) is 0. The third kappa shape index (κ3) is 0.716. The van der Waals surface area contributed by atoms with Crippen molar-refractivity contribution in [3.8, 4) is 0 Å². The van der Waals surface area contributed by atoms with Crippen LogP contribution < -0.4 is 10.8 Å². The van der Waals surface area contributed by atoms with Crippen molar-refractivity contribution in [3.63, 3.8) is 0 Å². The zero-order valence-electron chi connectivity index (χ0n) is 5.61. The van der Waals surface area contributed by atoms with E-state index in [1.165, 1.54) is 43.2 Å². The van der Waals surface area contributed by atoms with Gasteiger partial charge in [-0.25, -0.2) is 0 Å². The summed E-state index contributed by atoms with van der Waals surface area (Å²) in [5.74, 6) is 0. The zero-order valence-corrected chi connectivity index (χ0v) is 5.61. The molecular weight excluding hydrogens is 110 g/mol. The third-order valence-corrected chi connectivity index (χ3v) is 2.31. The van der Waals surface area contributed by atoms with E-state index >= 15 is 0 Å². The molecule has 1 aromatic rings. The molecule has 1 heteroatoms. The van der Waals surface area contributed by atoms with Gasteiger partial charge in [0.1, 0.15) is 0 Å². The van der Waals surface area contributed by atoms with Crippen LogP contribution in [0.5, 0.6) is 0 Å². The predicted molar refractivity (Wildman–Crippen MR) is 35.1 cm³/mol. The first-order valence-corrected chi connectivity index (χ1v) is 3.75.